The zero-order valence-electron chi connectivity index (χ0n) is 18.6. The number of aryl methyl sites for hydroxylation is 5. The Labute approximate surface area is 191 Å². The van der Waals surface area contributed by atoms with Crippen molar-refractivity contribution in [2.45, 2.75) is 53.2 Å². The van der Waals surface area contributed by atoms with Gasteiger partial charge in [0.1, 0.15) is 22.4 Å². The molecule has 5 rings (SSSR count). The lowest BCUT2D eigenvalue weighted by Gasteiger charge is -2.13. The molecule has 2 aromatic heterocycles. The molecule has 0 spiro atoms. The Balaban J connectivity index is 1.26. The van der Waals surface area contributed by atoms with Crippen LogP contribution in [0.2, 0.25) is 0 Å². The van der Waals surface area contributed by atoms with Crippen LogP contribution in [0, 0.1) is 20.8 Å². The number of thiazole rings is 1. The van der Waals surface area contributed by atoms with Gasteiger partial charge in [-0.2, -0.15) is 0 Å². The van der Waals surface area contributed by atoms with Gasteiger partial charge in [0.05, 0.1) is 16.7 Å². The highest BCUT2D eigenvalue weighted by atomic mass is 32.1. The van der Waals surface area contributed by atoms with Crippen molar-refractivity contribution in [1.82, 2.24) is 14.5 Å². The van der Waals surface area contributed by atoms with Crippen LogP contribution in [0.25, 0.3) is 21.6 Å². The summed E-state index contributed by atoms with van der Waals surface area (Å²) in [6.07, 6.45) is 2.95. The molecule has 4 aromatic rings. The largest absolute Gasteiger partial charge is 0.444 e. The molecule has 0 radical (unpaired) electrons. The highest BCUT2D eigenvalue weighted by Gasteiger charge is 2.16. The molecule has 6 nitrogen and oxygen atoms in total. The molecule has 0 saturated heterocycles. The molecular formula is C25H26N4O2S. The minimum Gasteiger partial charge on any atom is -0.444 e. The highest BCUT2D eigenvalue weighted by molar-refractivity contribution is 7.19. The van der Waals surface area contributed by atoms with Crippen molar-refractivity contribution in [3.63, 3.8) is 0 Å². The van der Waals surface area contributed by atoms with Gasteiger partial charge >= 0.3 is 6.09 Å². The molecule has 1 aliphatic heterocycles. The molecule has 1 amide bonds. The van der Waals surface area contributed by atoms with Gasteiger partial charge in [0.15, 0.2) is 0 Å². The summed E-state index contributed by atoms with van der Waals surface area (Å²) in [6.45, 7) is 7.28. The molecule has 0 unspecified atom stereocenters. The fourth-order valence-corrected chi connectivity index (χ4v) is 5.31. The third kappa shape index (κ3) is 4.00. The van der Waals surface area contributed by atoms with Crippen LogP contribution in [0.5, 0.6) is 0 Å². The van der Waals surface area contributed by atoms with Crippen LogP contribution in [0.1, 0.15) is 41.1 Å². The first-order valence-corrected chi connectivity index (χ1v) is 11.8. The smallest absolute Gasteiger partial charge is 0.412 e. The quantitative estimate of drug-likeness (QED) is 0.407. The van der Waals surface area contributed by atoms with Gasteiger partial charge in [-0.05, 0) is 56.9 Å². The van der Waals surface area contributed by atoms with Crippen LogP contribution in [0.3, 0.4) is 0 Å². The van der Waals surface area contributed by atoms with Crippen LogP contribution < -0.4 is 5.32 Å². The van der Waals surface area contributed by atoms with Gasteiger partial charge in [-0.3, -0.25) is 5.32 Å². The van der Waals surface area contributed by atoms with E-state index in [0.29, 0.717) is 5.00 Å². The Morgan fingerprint density at radius 2 is 2.00 bits per heavy atom. The number of hydrogen-bond donors (Lipinski definition) is 1. The van der Waals surface area contributed by atoms with Gasteiger partial charge in [0, 0.05) is 18.5 Å². The van der Waals surface area contributed by atoms with E-state index in [-0.39, 0.29) is 6.61 Å². The van der Waals surface area contributed by atoms with Gasteiger partial charge in [0.25, 0.3) is 0 Å². The lowest BCUT2D eigenvalue weighted by Crippen LogP contribution is -2.13. The summed E-state index contributed by atoms with van der Waals surface area (Å²) in [7, 11) is 0. The second kappa shape index (κ2) is 8.39. The number of imidazole rings is 1. The number of hydrogen-bond acceptors (Lipinski definition) is 5. The number of ether oxygens (including phenoxy) is 1. The van der Waals surface area contributed by atoms with E-state index in [1.807, 2.05) is 19.1 Å². The van der Waals surface area contributed by atoms with E-state index in [9.17, 15) is 4.79 Å². The van der Waals surface area contributed by atoms with Gasteiger partial charge < -0.3 is 9.30 Å². The molecule has 0 atom stereocenters. The summed E-state index contributed by atoms with van der Waals surface area (Å²) in [5.74, 6) is 1.15. The topological polar surface area (TPSA) is 69.0 Å². The summed E-state index contributed by atoms with van der Waals surface area (Å²) in [4.78, 5) is 21.9. The van der Waals surface area contributed by atoms with Crippen LogP contribution in [0.4, 0.5) is 9.80 Å². The Morgan fingerprint density at radius 1 is 1.12 bits per heavy atom. The maximum Gasteiger partial charge on any atom is 0.412 e. The van der Waals surface area contributed by atoms with Crippen LogP contribution in [-0.4, -0.2) is 20.6 Å². The third-order valence-electron chi connectivity index (χ3n) is 5.92. The second-order valence-electron chi connectivity index (χ2n) is 8.41. The molecule has 1 N–H and O–H groups in total. The zero-order chi connectivity index (χ0) is 22.2. The number of fused-ring (bicyclic) bond motifs is 3. The molecule has 3 heterocycles. The first-order valence-electron chi connectivity index (χ1n) is 10.9. The van der Waals surface area contributed by atoms with E-state index >= 15 is 0 Å². The number of benzene rings is 2. The summed E-state index contributed by atoms with van der Waals surface area (Å²) in [5.41, 5.74) is 7.32. The number of anilines is 1. The Bertz CT molecular complexity index is 1320. The molecule has 0 fully saturated rings. The molecule has 164 valence electrons. The molecule has 0 aliphatic carbocycles. The molecule has 7 heteroatoms. The average Bonchev–Trinajstić information content (AvgIpc) is 3.32. The number of nitrogens with one attached hydrogen (secondary N) is 1. The minimum absolute atomic E-state index is 0.200. The number of amides is 1. The SMILES string of the molecule is Cc1ccc(-c2nc(C)c(NC(=O)OCc3ccc4c(c3)nc3n4CCCC3)s2)c(C)c1. The van der Waals surface area contributed by atoms with Crippen LogP contribution in [0.15, 0.2) is 36.4 Å². The maximum atomic E-state index is 12.4. The Hall–Kier alpha value is -3.19. The Morgan fingerprint density at radius 3 is 2.84 bits per heavy atom. The van der Waals surface area contributed by atoms with Crippen molar-refractivity contribution < 1.29 is 9.53 Å². The van der Waals surface area contributed by atoms with E-state index in [4.69, 9.17) is 9.72 Å². The van der Waals surface area contributed by atoms with E-state index in [0.717, 1.165) is 51.7 Å². The average molecular weight is 447 g/mol. The number of aromatic nitrogens is 3. The van der Waals surface area contributed by atoms with Crippen molar-refractivity contribution in [3.8, 4) is 10.6 Å². The second-order valence-corrected chi connectivity index (χ2v) is 9.41. The van der Waals surface area contributed by atoms with Crippen molar-refractivity contribution in [2.75, 3.05) is 5.32 Å². The highest BCUT2D eigenvalue weighted by Crippen LogP contribution is 2.34. The summed E-state index contributed by atoms with van der Waals surface area (Å²) in [5, 5.41) is 4.46. The minimum atomic E-state index is -0.479. The lowest BCUT2D eigenvalue weighted by atomic mass is 10.1. The fraction of sp³-hybridized carbons (Fsp3) is 0.320. The maximum absolute atomic E-state index is 12.4. The molecule has 32 heavy (non-hydrogen) atoms. The van der Waals surface area contributed by atoms with E-state index < -0.39 is 6.09 Å². The number of rotatable bonds is 4. The van der Waals surface area contributed by atoms with Crippen molar-refractivity contribution >= 4 is 33.5 Å². The van der Waals surface area contributed by atoms with Crippen LogP contribution >= 0.6 is 11.3 Å². The first-order chi connectivity index (χ1) is 15.5. The third-order valence-corrected chi connectivity index (χ3v) is 7.02. The number of carbonyl (C=O) groups is 1. The summed E-state index contributed by atoms with van der Waals surface area (Å²) < 4.78 is 7.79. The predicted molar refractivity (Wildman–Crippen MR) is 128 cm³/mol. The molecular weight excluding hydrogens is 420 g/mol. The van der Waals surface area contributed by atoms with Gasteiger partial charge in [-0.25, -0.2) is 14.8 Å². The standard InChI is InChI=1S/C25H26N4O2S/c1-15-7-9-19(16(2)12-15)24-26-17(3)23(32-24)28-25(30)31-14-18-8-10-21-20(13-18)27-22-6-4-5-11-29(21)22/h7-10,12-13H,4-6,11,14H2,1-3H3,(H,28,30). The molecule has 0 bridgehead atoms. The van der Waals surface area contributed by atoms with Gasteiger partial charge in [0.2, 0.25) is 0 Å². The van der Waals surface area contributed by atoms with Gasteiger partial charge in [-0.15, -0.1) is 0 Å². The number of carbonyl (C=O) groups excluding carboxylic acids is 1. The zero-order valence-corrected chi connectivity index (χ0v) is 19.4. The first kappa shape index (κ1) is 20.7. The summed E-state index contributed by atoms with van der Waals surface area (Å²) >= 11 is 1.46. The number of nitrogens with zero attached hydrogens (tertiary/aromatic N) is 3. The van der Waals surface area contributed by atoms with Crippen molar-refractivity contribution in [2.24, 2.45) is 0 Å². The molecule has 0 saturated carbocycles. The summed E-state index contributed by atoms with van der Waals surface area (Å²) in [6, 6.07) is 12.4. The normalized spacial score (nSPS) is 13.2. The van der Waals surface area contributed by atoms with Crippen molar-refractivity contribution in [1.29, 1.82) is 0 Å². The van der Waals surface area contributed by atoms with E-state index in [1.165, 1.54) is 35.3 Å². The Kier molecular flexibility index (Phi) is 5.43. The predicted octanol–water partition coefficient (Wildman–Crippen LogP) is 6.17. The fourth-order valence-electron chi connectivity index (χ4n) is 4.27. The molecule has 2 aromatic carbocycles. The van der Waals surface area contributed by atoms with Crippen molar-refractivity contribution in [3.05, 3.63) is 64.6 Å². The van der Waals surface area contributed by atoms with Gasteiger partial charge in [-0.1, -0.05) is 41.2 Å². The van der Waals surface area contributed by atoms with E-state index in [1.54, 1.807) is 0 Å². The molecule has 1 aliphatic rings. The monoisotopic (exact) mass is 446 g/mol. The lowest BCUT2D eigenvalue weighted by molar-refractivity contribution is 0.155. The van der Waals surface area contributed by atoms with Crippen LogP contribution in [-0.2, 0) is 24.3 Å². The van der Waals surface area contributed by atoms with E-state index in [2.05, 4.69) is 53.0 Å².